The summed E-state index contributed by atoms with van der Waals surface area (Å²) in [4.78, 5) is 43.6. The molecule has 3 amide bonds. The molecule has 0 aromatic heterocycles. The molecule has 1 aromatic carbocycles. The molecule has 28 heavy (non-hydrogen) atoms. The molecule has 6 N–H and O–H groups in total. The van der Waals surface area contributed by atoms with Crippen LogP contribution in [0.1, 0.15) is 25.8 Å². The number of rotatable bonds is 7. The van der Waals surface area contributed by atoms with Gasteiger partial charge in [0.1, 0.15) is 6.04 Å². The Kier molecular flexibility index (Phi) is 9.66. The molecule has 154 valence electrons. The van der Waals surface area contributed by atoms with Crippen molar-refractivity contribution < 1.29 is 24.3 Å². The SMILES string of the molecule is CC(C)C[C@H](NC(=O)[C@@H](N)Cc1ccccc1)C(=O)O.O=C1NCCNC1=O. The molecule has 9 heteroatoms. The van der Waals surface area contributed by atoms with E-state index in [-0.39, 0.29) is 5.92 Å². The monoisotopic (exact) mass is 392 g/mol. The second-order valence-electron chi connectivity index (χ2n) is 6.84. The van der Waals surface area contributed by atoms with E-state index in [1.54, 1.807) is 0 Å². The molecule has 1 fully saturated rings. The Morgan fingerprint density at radius 3 is 2.07 bits per heavy atom. The standard InChI is InChI=1S/C15H22N2O3.C4H6N2O2/c1-10(2)8-13(15(19)20)17-14(18)12(16)9-11-6-4-3-5-7-11;7-3-4(8)6-2-1-5-3/h3-7,10,12-13H,8-9,16H2,1-2H3,(H,17,18)(H,19,20);1-2H2,(H,5,7)(H,6,8)/t12-,13-;/m0./s1. The molecule has 9 nitrogen and oxygen atoms in total. The minimum Gasteiger partial charge on any atom is -0.480 e. The molecule has 0 aliphatic carbocycles. The number of nitrogens with two attached hydrogens (primary N) is 1. The van der Waals surface area contributed by atoms with Crippen molar-refractivity contribution >= 4 is 23.7 Å². The first-order valence-electron chi connectivity index (χ1n) is 9.09. The van der Waals surface area contributed by atoms with Crippen LogP contribution in [0.3, 0.4) is 0 Å². The minimum absolute atomic E-state index is 0.182. The van der Waals surface area contributed by atoms with Gasteiger partial charge in [0.05, 0.1) is 6.04 Å². The fourth-order valence-corrected chi connectivity index (χ4v) is 2.44. The molecule has 2 atom stereocenters. The third kappa shape index (κ3) is 8.63. The third-order valence-corrected chi connectivity index (χ3v) is 3.86. The number of carbonyl (C=O) groups is 4. The molecule has 1 saturated heterocycles. The number of carboxylic acid groups (broad SMARTS) is 1. The van der Waals surface area contributed by atoms with Gasteiger partial charge in [0.15, 0.2) is 0 Å². The van der Waals surface area contributed by atoms with Gasteiger partial charge in [0, 0.05) is 13.1 Å². The van der Waals surface area contributed by atoms with E-state index in [1.165, 1.54) is 0 Å². The number of piperazine rings is 1. The molecule has 1 aliphatic rings. The van der Waals surface area contributed by atoms with Crippen molar-refractivity contribution in [1.82, 2.24) is 16.0 Å². The highest BCUT2D eigenvalue weighted by molar-refractivity contribution is 6.35. The highest BCUT2D eigenvalue weighted by atomic mass is 16.4. The summed E-state index contributed by atoms with van der Waals surface area (Å²) in [6.45, 7) is 4.91. The first-order valence-corrected chi connectivity index (χ1v) is 9.09. The number of carboxylic acids is 1. The van der Waals surface area contributed by atoms with Gasteiger partial charge in [-0.2, -0.15) is 0 Å². The van der Waals surface area contributed by atoms with Crippen LogP contribution in [0.2, 0.25) is 0 Å². The number of carbonyl (C=O) groups excluding carboxylic acids is 3. The second kappa shape index (κ2) is 11.7. The number of nitrogens with one attached hydrogen (secondary N) is 3. The lowest BCUT2D eigenvalue weighted by Crippen LogP contribution is -2.49. The van der Waals surface area contributed by atoms with E-state index in [2.05, 4.69) is 16.0 Å². The van der Waals surface area contributed by atoms with Crippen molar-refractivity contribution in [2.45, 2.75) is 38.8 Å². The Bertz CT molecular complexity index is 662. The molecule has 1 aliphatic heterocycles. The smallest absolute Gasteiger partial charge is 0.326 e. The van der Waals surface area contributed by atoms with Crippen molar-refractivity contribution in [3.05, 3.63) is 35.9 Å². The summed E-state index contributed by atoms with van der Waals surface area (Å²) >= 11 is 0. The van der Waals surface area contributed by atoms with E-state index in [4.69, 9.17) is 10.8 Å². The topological polar surface area (TPSA) is 151 Å². The highest BCUT2D eigenvalue weighted by Crippen LogP contribution is 2.06. The summed E-state index contributed by atoms with van der Waals surface area (Å²) in [7, 11) is 0. The van der Waals surface area contributed by atoms with E-state index >= 15 is 0 Å². The number of amides is 3. The van der Waals surface area contributed by atoms with Crippen LogP contribution in [0.15, 0.2) is 30.3 Å². The zero-order chi connectivity index (χ0) is 21.1. The van der Waals surface area contributed by atoms with Crippen LogP contribution in [0.4, 0.5) is 0 Å². The Morgan fingerprint density at radius 2 is 1.64 bits per heavy atom. The third-order valence-electron chi connectivity index (χ3n) is 3.86. The predicted molar refractivity (Wildman–Crippen MR) is 103 cm³/mol. The van der Waals surface area contributed by atoms with Gasteiger partial charge in [-0.15, -0.1) is 0 Å². The Labute approximate surface area is 164 Å². The van der Waals surface area contributed by atoms with Crippen LogP contribution in [0.5, 0.6) is 0 Å². The van der Waals surface area contributed by atoms with Gasteiger partial charge in [-0.1, -0.05) is 44.2 Å². The minimum atomic E-state index is -1.03. The molecule has 1 aromatic rings. The number of hydrogen-bond donors (Lipinski definition) is 5. The maximum absolute atomic E-state index is 11.9. The summed E-state index contributed by atoms with van der Waals surface area (Å²) in [5.41, 5.74) is 6.77. The van der Waals surface area contributed by atoms with Crippen LogP contribution in [-0.4, -0.2) is 54.0 Å². The maximum atomic E-state index is 11.9. The summed E-state index contributed by atoms with van der Waals surface area (Å²) in [5, 5.41) is 16.4. The number of aliphatic carboxylic acids is 1. The van der Waals surface area contributed by atoms with Gasteiger partial charge in [0.2, 0.25) is 5.91 Å². The number of hydrogen-bond acceptors (Lipinski definition) is 5. The molecule has 0 radical (unpaired) electrons. The first-order chi connectivity index (χ1) is 13.2. The predicted octanol–water partition coefficient (Wildman–Crippen LogP) is -0.596. The van der Waals surface area contributed by atoms with Gasteiger partial charge in [0.25, 0.3) is 0 Å². The maximum Gasteiger partial charge on any atom is 0.326 e. The van der Waals surface area contributed by atoms with Crippen molar-refractivity contribution in [3.63, 3.8) is 0 Å². The lowest BCUT2D eigenvalue weighted by molar-refractivity contribution is -0.142. The molecule has 0 unspecified atom stereocenters. The normalized spacial score (nSPS) is 15.4. The fourth-order valence-electron chi connectivity index (χ4n) is 2.44. The van der Waals surface area contributed by atoms with Gasteiger partial charge < -0.3 is 26.8 Å². The Hall–Kier alpha value is -2.94. The molecule has 0 spiro atoms. The summed E-state index contributed by atoms with van der Waals surface area (Å²) in [5.74, 6) is -2.34. The van der Waals surface area contributed by atoms with Crippen molar-refractivity contribution in [2.24, 2.45) is 11.7 Å². The summed E-state index contributed by atoms with van der Waals surface area (Å²) in [6.07, 6.45) is 0.778. The van der Waals surface area contributed by atoms with E-state index in [0.29, 0.717) is 25.9 Å². The molecular weight excluding hydrogens is 364 g/mol. The largest absolute Gasteiger partial charge is 0.480 e. The lowest BCUT2D eigenvalue weighted by Gasteiger charge is -2.19. The van der Waals surface area contributed by atoms with Crippen LogP contribution in [-0.2, 0) is 25.6 Å². The molecule has 1 heterocycles. The second-order valence-corrected chi connectivity index (χ2v) is 6.84. The average molecular weight is 392 g/mol. The Morgan fingerprint density at radius 1 is 1.11 bits per heavy atom. The van der Waals surface area contributed by atoms with Crippen molar-refractivity contribution in [2.75, 3.05) is 13.1 Å². The Balaban J connectivity index is 0.000000406. The van der Waals surface area contributed by atoms with Gasteiger partial charge in [-0.3, -0.25) is 14.4 Å². The van der Waals surface area contributed by atoms with Gasteiger partial charge >= 0.3 is 17.8 Å². The highest BCUT2D eigenvalue weighted by Gasteiger charge is 2.24. The first kappa shape index (κ1) is 23.1. The zero-order valence-corrected chi connectivity index (χ0v) is 16.1. The van der Waals surface area contributed by atoms with Gasteiger partial charge in [-0.25, -0.2) is 4.79 Å². The average Bonchev–Trinajstić information content (AvgIpc) is 2.64. The summed E-state index contributed by atoms with van der Waals surface area (Å²) < 4.78 is 0. The van der Waals surface area contributed by atoms with Gasteiger partial charge in [-0.05, 0) is 24.3 Å². The lowest BCUT2D eigenvalue weighted by atomic mass is 10.0. The van der Waals surface area contributed by atoms with E-state index < -0.39 is 35.8 Å². The molecule has 2 rings (SSSR count). The fraction of sp³-hybridized carbons (Fsp3) is 0.474. The van der Waals surface area contributed by atoms with Crippen LogP contribution < -0.4 is 21.7 Å². The van der Waals surface area contributed by atoms with Crippen molar-refractivity contribution in [1.29, 1.82) is 0 Å². The van der Waals surface area contributed by atoms with E-state index in [9.17, 15) is 19.2 Å². The van der Waals surface area contributed by atoms with Crippen LogP contribution >= 0.6 is 0 Å². The quantitative estimate of drug-likeness (QED) is 0.391. The number of benzene rings is 1. The van der Waals surface area contributed by atoms with E-state index in [0.717, 1.165) is 5.56 Å². The summed E-state index contributed by atoms with van der Waals surface area (Å²) in [6, 6.07) is 7.78. The zero-order valence-electron chi connectivity index (χ0n) is 16.1. The molecular formula is C19H28N4O5. The van der Waals surface area contributed by atoms with Crippen LogP contribution in [0.25, 0.3) is 0 Å². The van der Waals surface area contributed by atoms with Crippen molar-refractivity contribution in [3.8, 4) is 0 Å². The molecule has 0 saturated carbocycles. The van der Waals surface area contributed by atoms with Crippen LogP contribution in [0, 0.1) is 5.92 Å². The van der Waals surface area contributed by atoms with E-state index in [1.807, 2.05) is 44.2 Å². The molecule has 0 bridgehead atoms.